The average Bonchev–Trinajstić information content (AvgIpc) is 3.03. The van der Waals surface area contributed by atoms with Crippen LogP contribution >= 0.6 is 35.4 Å². The minimum atomic E-state index is -0.314. The fourth-order valence-corrected chi connectivity index (χ4v) is 3.67. The van der Waals surface area contributed by atoms with E-state index in [0.717, 1.165) is 5.56 Å². The number of amides is 2. The molecule has 2 amide bonds. The summed E-state index contributed by atoms with van der Waals surface area (Å²) in [6.07, 6.45) is 0. The largest absolute Gasteiger partial charge is 0.345 e. The van der Waals surface area contributed by atoms with Crippen LogP contribution in [-0.4, -0.2) is 26.2 Å². The number of benzene rings is 2. The molecule has 1 heterocycles. The molecule has 0 unspecified atom stereocenters. The molecule has 0 bridgehead atoms. The molecule has 0 radical (unpaired) electrons. The molecule has 3 aromatic rings. The molecular formula is C21H21Cl2N5O2S. The highest BCUT2D eigenvalue weighted by Gasteiger charge is 2.15. The first-order valence-electron chi connectivity index (χ1n) is 9.55. The maximum Gasteiger partial charge on any atom is 0.251 e. The fraction of sp³-hybridized carbons (Fsp3) is 0.238. The van der Waals surface area contributed by atoms with Crippen molar-refractivity contribution >= 4 is 52.9 Å². The van der Waals surface area contributed by atoms with E-state index in [-0.39, 0.29) is 24.9 Å². The van der Waals surface area contributed by atoms with Crippen molar-refractivity contribution in [1.29, 1.82) is 0 Å². The number of nitrogens with zero attached hydrogens (tertiary/aromatic N) is 3. The minimum Gasteiger partial charge on any atom is -0.345 e. The lowest BCUT2D eigenvalue weighted by molar-refractivity contribution is -0.116. The van der Waals surface area contributed by atoms with Gasteiger partial charge in [-0.25, -0.2) is 4.68 Å². The van der Waals surface area contributed by atoms with E-state index >= 15 is 0 Å². The van der Waals surface area contributed by atoms with Crippen LogP contribution in [0.25, 0.3) is 0 Å². The highest BCUT2D eigenvalue weighted by atomic mass is 35.5. The van der Waals surface area contributed by atoms with Crippen molar-refractivity contribution in [2.24, 2.45) is 0 Å². The van der Waals surface area contributed by atoms with Crippen LogP contribution in [0.3, 0.4) is 0 Å². The second kappa shape index (κ2) is 10.1. The Labute approximate surface area is 195 Å². The molecule has 2 aromatic carbocycles. The predicted octanol–water partition coefficient (Wildman–Crippen LogP) is 4.62. The first-order chi connectivity index (χ1) is 14.8. The molecule has 162 valence electrons. The van der Waals surface area contributed by atoms with Gasteiger partial charge in [0.05, 0.1) is 16.6 Å². The lowest BCUT2D eigenvalue weighted by Gasteiger charge is -2.07. The normalized spacial score (nSPS) is 10.7. The zero-order valence-electron chi connectivity index (χ0n) is 17.0. The van der Waals surface area contributed by atoms with Gasteiger partial charge >= 0.3 is 0 Å². The number of carbonyl (C=O) groups excluding carboxylic acids is 2. The molecular weight excluding hydrogens is 457 g/mol. The molecule has 0 saturated carbocycles. The number of aryl methyl sites for hydroxylation is 1. The van der Waals surface area contributed by atoms with Crippen LogP contribution < -0.4 is 10.6 Å². The molecule has 0 atom stereocenters. The van der Waals surface area contributed by atoms with Gasteiger partial charge in [-0.3, -0.25) is 9.59 Å². The lowest BCUT2D eigenvalue weighted by Crippen LogP contribution is -2.25. The van der Waals surface area contributed by atoms with Gasteiger partial charge in [0.15, 0.2) is 10.6 Å². The van der Waals surface area contributed by atoms with Crippen LogP contribution in [0.5, 0.6) is 0 Å². The highest BCUT2D eigenvalue weighted by Crippen LogP contribution is 2.25. The summed E-state index contributed by atoms with van der Waals surface area (Å²) >= 11 is 17.3. The fourth-order valence-electron chi connectivity index (χ4n) is 3.03. The molecule has 0 aliphatic heterocycles. The Morgan fingerprint density at radius 3 is 2.55 bits per heavy atom. The van der Waals surface area contributed by atoms with E-state index in [4.69, 9.17) is 35.4 Å². The van der Waals surface area contributed by atoms with Gasteiger partial charge in [0.2, 0.25) is 5.91 Å². The van der Waals surface area contributed by atoms with E-state index in [0.29, 0.717) is 38.4 Å². The van der Waals surface area contributed by atoms with Gasteiger partial charge in [-0.1, -0.05) is 41.4 Å². The number of halogens is 2. The van der Waals surface area contributed by atoms with Crippen molar-refractivity contribution in [2.75, 3.05) is 5.32 Å². The van der Waals surface area contributed by atoms with Crippen molar-refractivity contribution in [3.05, 3.63) is 74.2 Å². The van der Waals surface area contributed by atoms with Crippen molar-refractivity contribution in [2.45, 2.75) is 33.5 Å². The molecule has 0 fully saturated rings. The second-order valence-electron chi connectivity index (χ2n) is 6.78. The zero-order valence-corrected chi connectivity index (χ0v) is 19.3. The first-order valence-corrected chi connectivity index (χ1v) is 10.7. The number of nitrogens with one attached hydrogen (secondary N) is 2. The molecule has 0 aliphatic rings. The number of anilines is 1. The van der Waals surface area contributed by atoms with Crippen LogP contribution in [-0.2, 0) is 24.4 Å². The number of hydrogen-bond donors (Lipinski definition) is 2. The van der Waals surface area contributed by atoms with Crippen LogP contribution in [0, 0.1) is 11.7 Å². The maximum atomic E-state index is 12.5. The summed E-state index contributed by atoms with van der Waals surface area (Å²) in [6, 6.07) is 12.2. The Hall–Kier alpha value is -2.68. The summed E-state index contributed by atoms with van der Waals surface area (Å²) in [5.41, 5.74) is 2.01. The molecule has 2 N–H and O–H groups in total. The predicted molar refractivity (Wildman–Crippen MR) is 124 cm³/mol. The van der Waals surface area contributed by atoms with E-state index in [1.54, 1.807) is 28.8 Å². The summed E-state index contributed by atoms with van der Waals surface area (Å²) in [7, 11) is 0. The van der Waals surface area contributed by atoms with Crippen LogP contribution in [0.4, 0.5) is 5.69 Å². The van der Waals surface area contributed by atoms with Gasteiger partial charge in [-0.15, -0.1) is 0 Å². The first kappa shape index (κ1) is 23.0. The lowest BCUT2D eigenvalue weighted by atomic mass is 10.1. The van der Waals surface area contributed by atoms with Crippen molar-refractivity contribution in [3.8, 4) is 0 Å². The molecule has 10 heteroatoms. The van der Waals surface area contributed by atoms with E-state index < -0.39 is 0 Å². The second-order valence-corrected chi connectivity index (χ2v) is 7.95. The van der Waals surface area contributed by atoms with E-state index in [1.165, 1.54) is 4.68 Å². The van der Waals surface area contributed by atoms with Crippen LogP contribution in [0.2, 0.25) is 10.0 Å². The Balaban J connectivity index is 1.70. The van der Waals surface area contributed by atoms with E-state index in [2.05, 4.69) is 15.7 Å². The zero-order chi connectivity index (χ0) is 22.5. The van der Waals surface area contributed by atoms with Gasteiger partial charge < -0.3 is 15.2 Å². The Morgan fingerprint density at radius 1 is 1.13 bits per heavy atom. The summed E-state index contributed by atoms with van der Waals surface area (Å²) in [4.78, 5) is 25.0. The van der Waals surface area contributed by atoms with Gasteiger partial charge in [-0.2, -0.15) is 5.10 Å². The third-order valence-electron chi connectivity index (χ3n) is 4.61. The quantitative estimate of drug-likeness (QED) is 0.486. The molecule has 0 saturated heterocycles. The van der Waals surface area contributed by atoms with E-state index in [9.17, 15) is 9.59 Å². The number of carbonyl (C=O) groups is 2. The molecule has 31 heavy (non-hydrogen) atoms. The summed E-state index contributed by atoms with van der Waals surface area (Å²) < 4.78 is 3.60. The number of hydrogen-bond acceptors (Lipinski definition) is 4. The highest BCUT2D eigenvalue weighted by molar-refractivity contribution is 7.71. The Bertz CT molecular complexity index is 1190. The van der Waals surface area contributed by atoms with Gasteiger partial charge in [-0.05, 0) is 55.9 Å². The van der Waals surface area contributed by atoms with Gasteiger partial charge in [0.1, 0.15) is 6.54 Å². The number of rotatable bonds is 7. The standard InChI is InChI=1S/C21H21Cl2N5O2S/c1-3-27-18(11-24-20(30)15-7-5-4-6-13(15)2)26-28(21(27)31)12-19(29)25-14-8-9-16(22)17(23)10-14/h4-10H,3,11-12H2,1-2H3,(H,24,30)(H,25,29). The SMILES string of the molecule is CCn1c(CNC(=O)c2ccccc2C)nn(CC(=O)Nc2ccc(Cl)c(Cl)c2)c1=S. The average molecular weight is 478 g/mol. The number of aromatic nitrogens is 3. The smallest absolute Gasteiger partial charge is 0.251 e. The van der Waals surface area contributed by atoms with Gasteiger partial charge in [0, 0.05) is 17.8 Å². The topological polar surface area (TPSA) is 81.0 Å². The summed E-state index contributed by atoms with van der Waals surface area (Å²) in [5.74, 6) is 0.0566. The van der Waals surface area contributed by atoms with E-state index in [1.807, 2.05) is 32.0 Å². The van der Waals surface area contributed by atoms with Crippen molar-refractivity contribution in [3.63, 3.8) is 0 Å². The van der Waals surface area contributed by atoms with Gasteiger partial charge in [0.25, 0.3) is 5.91 Å². The summed E-state index contributed by atoms with van der Waals surface area (Å²) in [6.45, 7) is 4.47. The summed E-state index contributed by atoms with van der Waals surface area (Å²) in [5, 5.41) is 10.8. The monoisotopic (exact) mass is 477 g/mol. The maximum absolute atomic E-state index is 12.5. The third-order valence-corrected chi connectivity index (χ3v) is 5.78. The van der Waals surface area contributed by atoms with Crippen molar-refractivity contribution in [1.82, 2.24) is 19.7 Å². The van der Waals surface area contributed by atoms with Crippen LogP contribution in [0.1, 0.15) is 28.7 Å². The minimum absolute atomic E-state index is 0.0786. The molecule has 7 nitrogen and oxygen atoms in total. The Morgan fingerprint density at radius 2 is 1.87 bits per heavy atom. The molecule has 0 aliphatic carbocycles. The molecule has 0 spiro atoms. The third kappa shape index (κ3) is 5.52. The molecule has 1 aromatic heterocycles. The van der Waals surface area contributed by atoms with Crippen LogP contribution in [0.15, 0.2) is 42.5 Å². The van der Waals surface area contributed by atoms with Crippen molar-refractivity contribution < 1.29 is 9.59 Å². The molecule has 3 rings (SSSR count). The Kier molecular flexibility index (Phi) is 7.48.